The second-order valence-corrected chi connectivity index (χ2v) is 20.3. The number of aromatic nitrogens is 5. The third kappa shape index (κ3) is 7.24. The predicted molar refractivity (Wildman–Crippen MR) is 248 cm³/mol. The van der Waals surface area contributed by atoms with E-state index in [0.29, 0.717) is 51.5 Å². The first-order chi connectivity index (χ1) is 33.2. The van der Waals surface area contributed by atoms with Gasteiger partial charge >= 0.3 is 6.03 Å². The Morgan fingerprint density at radius 2 is 1.75 bits per heavy atom. The number of anilines is 3. The van der Waals surface area contributed by atoms with Gasteiger partial charge in [0.1, 0.15) is 5.82 Å². The summed E-state index contributed by atoms with van der Waals surface area (Å²) in [6, 6.07) is 14.2. The fourth-order valence-corrected chi connectivity index (χ4v) is 12.2. The van der Waals surface area contributed by atoms with Crippen LogP contribution >= 0.6 is 11.3 Å². The van der Waals surface area contributed by atoms with Gasteiger partial charge < -0.3 is 19.3 Å². The van der Waals surface area contributed by atoms with Crippen molar-refractivity contribution >= 4 is 68.5 Å². The average Bonchev–Trinajstić information content (AvgIpc) is 4.15. The lowest BCUT2D eigenvalue weighted by atomic mass is 9.57. The molecule has 20 heteroatoms. The van der Waals surface area contributed by atoms with E-state index in [4.69, 9.17) is 0 Å². The van der Waals surface area contributed by atoms with Gasteiger partial charge in [0.05, 0.1) is 36.5 Å². The van der Waals surface area contributed by atoms with Crippen LogP contribution in [0.1, 0.15) is 76.9 Å². The molecule has 5 aliphatic heterocycles. The molecule has 1 aliphatic carbocycles. The van der Waals surface area contributed by atoms with Gasteiger partial charge in [-0.05, 0) is 85.2 Å². The van der Waals surface area contributed by atoms with Crippen LogP contribution in [-0.4, -0.2) is 102 Å². The van der Waals surface area contributed by atoms with Crippen molar-refractivity contribution in [2.24, 2.45) is 18.4 Å². The molecule has 1 saturated carbocycles. The Balaban J connectivity index is 0.669. The Morgan fingerprint density at radius 3 is 2.51 bits per heavy atom. The highest BCUT2D eigenvalue weighted by molar-refractivity contribution is 7.13. The Morgan fingerprint density at radius 1 is 0.942 bits per heavy atom. The van der Waals surface area contributed by atoms with Crippen LogP contribution in [-0.2, 0) is 40.9 Å². The molecule has 6 aliphatic rings. The van der Waals surface area contributed by atoms with Crippen molar-refractivity contribution in [1.82, 2.24) is 39.4 Å². The van der Waals surface area contributed by atoms with Crippen molar-refractivity contribution < 1.29 is 37.1 Å². The van der Waals surface area contributed by atoms with Crippen molar-refractivity contribution in [1.29, 1.82) is 0 Å². The Labute approximate surface area is 397 Å². The van der Waals surface area contributed by atoms with E-state index >= 15 is 13.2 Å². The summed E-state index contributed by atoms with van der Waals surface area (Å²) in [5.74, 6) is -6.26. The van der Waals surface area contributed by atoms with Crippen LogP contribution in [0.2, 0.25) is 0 Å². The van der Waals surface area contributed by atoms with Gasteiger partial charge in [-0.3, -0.25) is 39.4 Å². The molecule has 2 unspecified atom stereocenters. The van der Waals surface area contributed by atoms with E-state index in [-0.39, 0.29) is 66.8 Å². The molecule has 0 bridgehead atoms. The smallest absolute Gasteiger partial charge is 0.329 e. The van der Waals surface area contributed by atoms with Crippen molar-refractivity contribution in [3.8, 4) is 11.1 Å². The first-order valence-electron chi connectivity index (χ1n) is 23.2. The summed E-state index contributed by atoms with van der Waals surface area (Å²) in [5, 5.41) is 12.3. The topological polar surface area (TPSA) is 171 Å². The summed E-state index contributed by atoms with van der Waals surface area (Å²) in [7, 11) is 1.68. The molecule has 1 spiro atoms. The zero-order valence-electron chi connectivity index (χ0n) is 37.5. The summed E-state index contributed by atoms with van der Waals surface area (Å²) in [5.41, 5.74) is 4.97. The Kier molecular flexibility index (Phi) is 10.0. The number of rotatable bonds is 9. The standard InChI is InChI=1S/C49H46F3N11O5S/c1-58-38-19-28(6-9-32(38)42(57-58)62-15-11-39(64)55-47(62)68)35-10-14-59(25-49(35,51)52)44(66)30-20-48(21-30)23-61(24-48)31-7-4-27(5-8-31)29-17-33-34(36(50)18-29)22-63(45(33)67)41(43(65)56-46-53-12-16-69-46)40-37-3-2-13-60(37)26-54-40/h4-9,12,16-19,26,30,35,41H,2-3,10-11,13-15,20-25H2,1H3,(H,53,56,65)(H,55,64,68). The van der Waals surface area contributed by atoms with Gasteiger partial charge in [-0.15, -0.1) is 11.3 Å². The number of benzene rings is 3. The highest BCUT2D eigenvalue weighted by Crippen LogP contribution is 2.54. The molecular weight excluding hydrogens is 912 g/mol. The van der Waals surface area contributed by atoms with E-state index < -0.39 is 48.1 Å². The number of likely N-dealkylation sites (tertiary alicyclic amines) is 1. The van der Waals surface area contributed by atoms with Gasteiger partial charge in [0.25, 0.3) is 17.7 Å². The molecule has 2 N–H and O–H groups in total. The van der Waals surface area contributed by atoms with Gasteiger partial charge in [0.2, 0.25) is 11.8 Å². The number of halogens is 3. The fraction of sp³-hybridized carbons (Fsp3) is 0.388. The summed E-state index contributed by atoms with van der Waals surface area (Å²) in [6.07, 6.45) is 6.38. The third-order valence-electron chi connectivity index (χ3n) is 15.1. The molecule has 3 saturated heterocycles. The molecule has 6 aromatic rings. The van der Waals surface area contributed by atoms with Crippen molar-refractivity contribution in [3.63, 3.8) is 0 Å². The van der Waals surface area contributed by atoms with Crippen LogP contribution in [0.4, 0.5) is 34.6 Å². The van der Waals surface area contributed by atoms with E-state index in [1.807, 2.05) is 28.8 Å². The number of fused-ring (bicyclic) bond motifs is 3. The maximum absolute atomic E-state index is 16.0. The third-order valence-corrected chi connectivity index (χ3v) is 15.8. The largest absolute Gasteiger partial charge is 0.370 e. The van der Waals surface area contributed by atoms with E-state index in [0.717, 1.165) is 49.4 Å². The van der Waals surface area contributed by atoms with Crippen molar-refractivity contribution in [2.75, 3.05) is 47.8 Å². The molecule has 16 nitrogen and oxygen atoms in total. The normalized spacial score (nSPS) is 21.0. The molecule has 4 fully saturated rings. The quantitative estimate of drug-likeness (QED) is 0.162. The maximum atomic E-state index is 16.0. The van der Waals surface area contributed by atoms with E-state index in [2.05, 4.69) is 30.6 Å². The summed E-state index contributed by atoms with van der Waals surface area (Å²) in [6.45, 7) is 1.87. The molecule has 8 heterocycles. The highest BCUT2D eigenvalue weighted by atomic mass is 32.1. The SMILES string of the molecule is Cn1nc(N2CCC(=O)NC2=O)c2ccc(C3CCN(C(=O)C4CC5(C4)CN(c4ccc(-c6cc(F)c7c(c6)C(=O)N(C(C(=O)Nc6nccs6)c6ncn8c6CCC8)C7)cc4)C5)CC3(F)F)cc21. The number of hydrogen-bond acceptors (Lipinski definition) is 10. The first-order valence-corrected chi connectivity index (χ1v) is 24.1. The second-order valence-electron chi connectivity index (χ2n) is 19.4. The maximum Gasteiger partial charge on any atom is 0.329 e. The van der Waals surface area contributed by atoms with Gasteiger partial charge in [-0.2, -0.15) is 5.10 Å². The lowest BCUT2D eigenvalue weighted by Crippen LogP contribution is -2.65. The predicted octanol–water partition coefficient (Wildman–Crippen LogP) is 6.63. The van der Waals surface area contributed by atoms with Crippen molar-refractivity contribution in [2.45, 2.75) is 69.5 Å². The van der Waals surface area contributed by atoms with Crippen LogP contribution < -0.4 is 20.4 Å². The van der Waals surface area contributed by atoms with E-state index in [9.17, 15) is 24.0 Å². The highest BCUT2D eigenvalue weighted by Gasteiger charge is 2.56. The number of carbonyl (C=O) groups is 5. The zero-order valence-corrected chi connectivity index (χ0v) is 38.3. The van der Waals surface area contributed by atoms with Gasteiger partial charge in [-0.25, -0.2) is 27.9 Å². The number of aryl methyl sites for hydroxylation is 2. The molecule has 69 heavy (non-hydrogen) atoms. The van der Waals surface area contributed by atoms with Crippen LogP contribution in [0.5, 0.6) is 0 Å². The minimum Gasteiger partial charge on any atom is -0.370 e. The summed E-state index contributed by atoms with van der Waals surface area (Å²) in [4.78, 5) is 81.0. The summed E-state index contributed by atoms with van der Waals surface area (Å²) < 4.78 is 51.5. The molecule has 3 aromatic heterocycles. The fourth-order valence-electron chi connectivity index (χ4n) is 11.6. The average molecular weight is 958 g/mol. The Hall–Kier alpha value is -7.09. The number of amides is 6. The number of imide groups is 1. The molecule has 3 aromatic carbocycles. The second kappa shape index (κ2) is 16.0. The lowest BCUT2D eigenvalue weighted by Gasteiger charge is -2.60. The minimum atomic E-state index is -3.16. The number of imidazole rings is 1. The molecule has 354 valence electrons. The number of piperidine rings is 1. The van der Waals surface area contributed by atoms with Crippen LogP contribution in [0, 0.1) is 17.2 Å². The summed E-state index contributed by atoms with van der Waals surface area (Å²) >= 11 is 1.26. The van der Waals surface area contributed by atoms with Gasteiger partial charge in [0, 0.05) is 97.0 Å². The first kappa shape index (κ1) is 43.2. The van der Waals surface area contributed by atoms with Gasteiger partial charge in [0.15, 0.2) is 17.0 Å². The minimum absolute atomic E-state index is 0.0668. The van der Waals surface area contributed by atoms with Gasteiger partial charge in [-0.1, -0.05) is 18.2 Å². The Bertz CT molecular complexity index is 3120. The monoisotopic (exact) mass is 957 g/mol. The molecule has 0 radical (unpaired) electrons. The lowest BCUT2D eigenvalue weighted by molar-refractivity contribution is -0.156. The number of hydrogen-bond donors (Lipinski definition) is 2. The number of alkyl halides is 2. The van der Waals surface area contributed by atoms with E-state index in [1.54, 1.807) is 53.9 Å². The van der Waals surface area contributed by atoms with Crippen LogP contribution in [0.3, 0.4) is 0 Å². The molecule has 2 atom stereocenters. The van der Waals surface area contributed by atoms with E-state index in [1.165, 1.54) is 32.1 Å². The van der Waals surface area contributed by atoms with Crippen LogP contribution in [0.15, 0.2) is 72.5 Å². The molecule has 6 amide bonds. The molecule has 12 rings (SSSR count). The number of nitrogens with zero attached hydrogens (tertiary/aromatic N) is 9. The van der Waals surface area contributed by atoms with Crippen LogP contribution in [0.25, 0.3) is 22.0 Å². The zero-order chi connectivity index (χ0) is 47.5. The number of nitrogens with one attached hydrogen (secondary N) is 2. The molecular formula is C49H46F3N11O5S. The number of thiazole rings is 1. The number of urea groups is 1. The number of carbonyl (C=O) groups excluding carboxylic acids is 5. The van der Waals surface area contributed by atoms with Crippen molar-refractivity contribution in [3.05, 3.63) is 106 Å².